The molecule has 168 valence electrons. The Bertz CT molecular complexity index is 1140. The number of rotatable bonds is 5. The van der Waals surface area contributed by atoms with E-state index in [2.05, 4.69) is 67.1 Å². The topological polar surface area (TPSA) is 68.4 Å². The average Bonchev–Trinajstić information content (AvgIpc) is 3.04. The standard InChI is InChI=1S/C27H33N3O2/c1-27(2,3)26-23(22-6-4-5-7-24(22)28-26)14-17-30-15-12-20-10-8-19(9-11-25(31)29-32)18-21(20)13-16-30/h4-11,18,28,32H,12-17H2,1-3H3,(H,29,31)/b11-9+. The second-order valence-electron chi connectivity index (χ2n) is 9.70. The molecule has 32 heavy (non-hydrogen) atoms. The van der Waals surface area contributed by atoms with E-state index >= 15 is 0 Å². The summed E-state index contributed by atoms with van der Waals surface area (Å²) in [6, 6.07) is 15.0. The molecule has 1 amide bonds. The van der Waals surface area contributed by atoms with E-state index in [1.165, 1.54) is 39.4 Å². The molecule has 2 heterocycles. The number of para-hydroxylation sites is 1. The third-order valence-electron chi connectivity index (χ3n) is 6.40. The molecule has 5 nitrogen and oxygen atoms in total. The molecule has 0 unspecified atom stereocenters. The van der Waals surface area contributed by atoms with E-state index in [0.29, 0.717) is 0 Å². The normalized spacial score (nSPS) is 15.1. The van der Waals surface area contributed by atoms with Gasteiger partial charge in [0.25, 0.3) is 5.91 Å². The van der Waals surface area contributed by atoms with Crippen LogP contribution in [0.25, 0.3) is 17.0 Å². The third kappa shape index (κ3) is 4.95. The number of aromatic amines is 1. The Morgan fingerprint density at radius 2 is 1.88 bits per heavy atom. The van der Waals surface area contributed by atoms with Gasteiger partial charge in [-0.1, -0.05) is 57.2 Å². The Morgan fingerprint density at radius 3 is 2.62 bits per heavy atom. The van der Waals surface area contributed by atoms with E-state index in [4.69, 9.17) is 5.21 Å². The first kappa shape index (κ1) is 22.3. The Morgan fingerprint density at radius 1 is 1.12 bits per heavy atom. The van der Waals surface area contributed by atoms with Gasteiger partial charge in [-0.3, -0.25) is 10.0 Å². The van der Waals surface area contributed by atoms with Crippen LogP contribution < -0.4 is 5.48 Å². The highest BCUT2D eigenvalue weighted by Gasteiger charge is 2.23. The molecule has 3 aromatic rings. The maximum atomic E-state index is 11.3. The summed E-state index contributed by atoms with van der Waals surface area (Å²) in [5.74, 6) is -0.516. The Balaban J connectivity index is 1.46. The van der Waals surface area contributed by atoms with Gasteiger partial charge in [0.15, 0.2) is 0 Å². The van der Waals surface area contributed by atoms with Gasteiger partial charge in [-0.2, -0.15) is 0 Å². The van der Waals surface area contributed by atoms with Crippen LogP contribution in [0.1, 0.15) is 48.7 Å². The Hall–Kier alpha value is -2.89. The van der Waals surface area contributed by atoms with Crippen LogP contribution >= 0.6 is 0 Å². The molecular formula is C27H33N3O2. The van der Waals surface area contributed by atoms with Crippen LogP contribution in [-0.2, 0) is 29.5 Å². The van der Waals surface area contributed by atoms with Gasteiger partial charge in [0, 0.05) is 47.7 Å². The first-order valence-electron chi connectivity index (χ1n) is 11.4. The number of benzene rings is 2. The zero-order chi connectivity index (χ0) is 22.7. The number of hydroxylamine groups is 1. The van der Waals surface area contributed by atoms with Crippen LogP contribution in [0, 0.1) is 0 Å². The number of carbonyl (C=O) groups excluding carboxylic acids is 1. The lowest BCUT2D eigenvalue weighted by atomic mass is 9.88. The van der Waals surface area contributed by atoms with Crippen molar-refractivity contribution in [2.45, 2.75) is 45.4 Å². The van der Waals surface area contributed by atoms with Gasteiger partial charge in [-0.05, 0) is 53.7 Å². The lowest BCUT2D eigenvalue weighted by Gasteiger charge is -2.23. The predicted molar refractivity (Wildman–Crippen MR) is 130 cm³/mol. The van der Waals surface area contributed by atoms with Crippen LogP contribution in [0.4, 0.5) is 0 Å². The van der Waals surface area contributed by atoms with E-state index in [-0.39, 0.29) is 5.41 Å². The molecule has 1 aliphatic rings. The summed E-state index contributed by atoms with van der Waals surface area (Å²) in [5, 5.41) is 10.00. The number of hydrogen-bond acceptors (Lipinski definition) is 3. The molecule has 0 saturated heterocycles. The largest absolute Gasteiger partial charge is 0.358 e. The number of amides is 1. The minimum atomic E-state index is -0.516. The molecule has 1 aliphatic heterocycles. The predicted octanol–water partition coefficient (Wildman–Crippen LogP) is 4.63. The van der Waals surface area contributed by atoms with Crippen LogP contribution in [0.5, 0.6) is 0 Å². The van der Waals surface area contributed by atoms with Crippen molar-refractivity contribution in [1.82, 2.24) is 15.4 Å². The Labute approximate surface area is 190 Å². The molecule has 5 heteroatoms. The number of carbonyl (C=O) groups is 1. The number of aromatic nitrogens is 1. The molecule has 0 fully saturated rings. The van der Waals surface area contributed by atoms with Gasteiger partial charge in [-0.25, -0.2) is 5.48 Å². The molecule has 4 rings (SSSR count). The van der Waals surface area contributed by atoms with E-state index in [9.17, 15) is 4.79 Å². The maximum Gasteiger partial charge on any atom is 0.267 e. The summed E-state index contributed by atoms with van der Waals surface area (Å²) in [4.78, 5) is 17.5. The monoisotopic (exact) mass is 431 g/mol. The van der Waals surface area contributed by atoms with Crippen molar-refractivity contribution in [2.75, 3.05) is 19.6 Å². The van der Waals surface area contributed by atoms with Crippen LogP contribution in [0.15, 0.2) is 48.5 Å². The lowest BCUT2D eigenvalue weighted by molar-refractivity contribution is -0.124. The average molecular weight is 432 g/mol. The number of fused-ring (bicyclic) bond motifs is 2. The van der Waals surface area contributed by atoms with E-state index in [0.717, 1.165) is 44.5 Å². The smallest absolute Gasteiger partial charge is 0.267 e. The first-order chi connectivity index (χ1) is 15.3. The lowest BCUT2D eigenvalue weighted by Crippen LogP contribution is -2.29. The Kier molecular flexibility index (Phi) is 6.49. The van der Waals surface area contributed by atoms with Crippen LogP contribution in [0.3, 0.4) is 0 Å². The van der Waals surface area contributed by atoms with Crippen LogP contribution in [-0.4, -0.2) is 40.6 Å². The van der Waals surface area contributed by atoms with Gasteiger partial charge in [0.2, 0.25) is 0 Å². The molecule has 0 aliphatic carbocycles. The van der Waals surface area contributed by atoms with Crippen molar-refractivity contribution in [3.05, 3.63) is 76.5 Å². The SMILES string of the molecule is CC(C)(C)c1[nH]c2ccccc2c1CCN1CCc2ccc(/C=C/C(=O)NO)cc2CC1. The fraction of sp³-hybridized carbons (Fsp3) is 0.370. The van der Waals surface area contributed by atoms with Crippen molar-refractivity contribution in [3.8, 4) is 0 Å². The first-order valence-corrected chi connectivity index (χ1v) is 11.4. The number of nitrogens with one attached hydrogen (secondary N) is 2. The maximum absolute atomic E-state index is 11.3. The molecule has 0 bridgehead atoms. The van der Waals surface area contributed by atoms with Crippen molar-refractivity contribution < 1.29 is 10.0 Å². The molecule has 0 radical (unpaired) electrons. The molecule has 0 spiro atoms. The second-order valence-corrected chi connectivity index (χ2v) is 9.70. The molecule has 0 saturated carbocycles. The highest BCUT2D eigenvalue weighted by Crippen LogP contribution is 2.32. The summed E-state index contributed by atoms with van der Waals surface area (Å²) < 4.78 is 0. The summed E-state index contributed by atoms with van der Waals surface area (Å²) >= 11 is 0. The summed E-state index contributed by atoms with van der Waals surface area (Å²) in [6.07, 6.45) is 6.16. The minimum absolute atomic E-state index is 0.0836. The van der Waals surface area contributed by atoms with Crippen molar-refractivity contribution >= 4 is 22.9 Å². The number of hydrogen-bond donors (Lipinski definition) is 3. The fourth-order valence-corrected chi connectivity index (χ4v) is 4.70. The highest BCUT2D eigenvalue weighted by atomic mass is 16.5. The second kappa shape index (κ2) is 9.31. The zero-order valence-electron chi connectivity index (χ0n) is 19.2. The molecule has 2 aromatic carbocycles. The van der Waals surface area contributed by atoms with Gasteiger partial charge in [-0.15, -0.1) is 0 Å². The van der Waals surface area contributed by atoms with E-state index in [1.807, 2.05) is 6.07 Å². The van der Waals surface area contributed by atoms with Gasteiger partial charge in [0.1, 0.15) is 0 Å². The summed E-state index contributed by atoms with van der Waals surface area (Å²) in [6.45, 7) is 9.97. The number of H-pyrrole nitrogens is 1. The van der Waals surface area contributed by atoms with E-state index in [1.54, 1.807) is 11.6 Å². The van der Waals surface area contributed by atoms with Gasteiger partial charge < -0.3 is 9.88 Å². The minimum Gasteiger partial charge on any atom is -0.358 e. The van der Waals surface area contributed by atoms with Crippen molar-refractivity contribution in [1.29, 1.82) is 0 Å². The fourth-order valence-electron chi connectivity index (χ4n) is 4.70. The van der Waals surface area contributed by atoms with Crippen LogP contribution in [0.2, 0.25) is 0 Å². The molecule has 3 N–H and O–H groups in total. The quantitative estimate of drug-likeness (QED) is 0.313. The van der Waals surface area contributed by atoms with Gasteiger partial charge >= 0.3 is 0 Å². The van der Waals surface area contributed by atoms with Crippen molar-refractivity contribution in [3.63, 3.8) is 0 Å². The summed E-state index contributed by atoms with van der Waals surface area (Å²) in [5.41, 5.74) is 9.45. The highest BCUT2D eigenvalue weighted by molar-refractivity contribution is 5.90. The van der Waals surface area contributed by atoms with Crippen molar-refractivity contribution in [2.24, 2.45) is 0 Å². The van der Waals surface area contributed by atoms with E-state index < -0.39 is 5.91 Å². The zero-order valence-corrected chi connectivity index (χ0v) is 19.2. The summed E-state index contributed by atoms with van der Waals surface area (Å²) in [7, 11) is 0. The van der Waals surface area contributed by atoms with Gasteiger partial charge in [0.05, 0.1) is 0 Å². The molecule has 1 aromatic heterocycles. The number of nitrogens with zero attached hydrogens (tertiary/aromatic N) is 1. The molecular weight excluding hydrogens is 398 g/mol. The molecule has 0 atom stereocenters. The third-order valence-corrected chi connectivity index (χ3v) is 6.40.